The van der Waals surface area contributed by atoms with Gasteiger partial charge in [0.25, 0.3) is 0 Å². The van der Waals surface area contributed by atoms with Crippen molar-refractivity contribution in [2.45, 2.75) is 25.3 Å². The van der Waals surface area contributed by atoms with Crippen molar-refractivity contribution in [1.82, 2.24) is 5.32 Å². The van der Waals surface area contributed by atoms with E-state index in [1.807, 2.05) is 20.2 Å². The van der Waals surface area contributed by atoms with Crippen LogP contribution in [0.3, 0.4) is 0 Å². The van der Waals surface area contributed by atoms with E-state index in [2.05, 4.69) is 33.7 Å². The Morgan fingerprint density at radius 3 is 3.00 bits per heavy atom. The largest absolute Gasteiger partial charge is 0.382 e. The van der Waals surface area contributed by atoms with Crippen LogP contribution in [-0.4, -0.2) is 32.6 Å². The number of amides is 1. The van der Waals surface area contributed by atoms with Gasteiger partial charge >= 0.3 is 0 Å². The second-order valence-electron chi connectivity index (χ2n) is 4.98. The summed E-state index contributed by atoms with van der Waals surface area (Å²) in [5.74, 6) is 0.147. The summed E-state index contributed by atoms with van der Waals surface area (Å²) in [5, 5.41) is 6.36. The second kappa shape index (κ2) is 5.76. The van der Waals surface area contributed by atoms with Crippen molar-refractivity contribution in [3.05, 3.63) is 24.3 Å². The quantitative estimate of drug-likeness (QED) is 0.856. The first-order valence-corrected chi connectivity index (χ1v) is 6.46. The number of carbonyl (C=O) groups is 1. The fraction of sp³-hybridized carbons (Fsp3) is 0.500. The molecule has 1 aromatic carbocycles. The van der Waals surface area contributed by atoms with E-state index in [1.165, 1.54) is 0 Å². The topological polar surface area (TPSA) is 44.4 Å². The van der Waals surface area contributed by atoms with Crippen molar-refractivity contribution < 1.29 is 4.79 Å². The Hall–Kier alpha value is -1.71. The maximum atomic E-state index is 11.5. The van der Waals surface area contributed by atoms with Crippen LogP contribution in [0.4, 0.5) is 11.4 Å². The monoisotopic (exact) mass is 247 g/mol. The molecule has 2 N–H and O–H groups in total. The highest BCUT2D eigenvalue weighted by atomic mass is 16.1. The Labute approximate surface area is 108 Å². The van der Waals surface area contributed by atoms with Gasteiger partial charge in [-0.3, -0.25) is 4.79 Å². The third kappa shape index (κ3) is 3.39. The van der Waals surface area contributed by atoms with Crippen molar-refractivity contribution >= 4 is 17.3 Å². The number of carbonyl (C=O) groups excluding carboxylic acids is 1. The van der Waals surface area contributed by atoms with Crippen molar-refractivity contribution in [3.8, 4) is 0 Å². The summed E-state index contributed by atoms with van der Waals surface area (Å²) in [5.41, 5.74) is 2.25. The fourth-order valence-electron chi connectivity index (χ4n) is 2.21. The van der Waals surface area contributed by atoms with Gasteiger partial charge in [0.2, 0.25) is 5.91 Å². The molecular weight excluding hydrogens is 226 g/mol. The molecule has 1 amide bonds. The molecule has 1 aromatic rings. The predicted molar refractivity (Wildman–Crippen MR) is 75.0 cm³/mol. The van der Waals surface area contributed by atoms with E-state index in [4.69, 9.17) is 0 Å². The maximum Gasteiger partial charge on any atom is 0.222 e. The standard InChI is InChI=1S/C14H21N3O/c1-17(2)13-7-3-5-11(9-13)16-12-6-4-8-15-14(18)10-12/h3,5,7,9,12,16H,4,6,8,10H2,1-2H3,(H,15,18). The lowest BCUT2D eigenvalue weighted by molar-refractivity contribution is -0.120. The molecule has 0 aromatic heterocycles. The first kappa shape index (κ1) is 12.7. The minimum Gasteiger partial charge on any atom is -0.382 e. The van der Waals surface area contributed by atoms with Crippen LogP contribution in [0.5, 0.6) is 0 Å². The molecular formula is C14H21N3O. The molecule has 0 radical (unpaired) electrons. The Balaban J connectivity index is 2.03. The van der Waals surface area contributed by atoms with Crippen molar-refractivity contribution in [1.29, 1.82) is 0 Å². The number of hydrogen-bond acceptors (Lipinski definition) is 3. The molecule has 0 spiro atoms. The third-order valence-electron chi connectivity index (χ3n) is 3.22. The van der Waals surface area contributed by atoms with Crippen LogP contribution in [0.2, 0.25) is 0 Å². The summed E-state index contributed by atoms with van der Waals surface area (Å²) in [6, 6.07) is 8.52. The van der Waals surface area contributed by atoms with Gasteiger partial charge in [-0.15, -0.1) is 0 Å². The van der Waals surface area contributed by atoms with Crippen LogP contribution in [0.25, 0.3) is 0 Å². The highest BCUT2D eigenvalue weighted by Crippen LogP contribution is 2.20. The Bertz CT molecular complexity index is 417. The number of rotatable bonds is 3. The average molecular weight is 247 g/mol. The molecule has 0 bridgehead atoms. The molecule has 0 saturated carbocycles. The summed E-state index contributed by atoms with van der Waals surface area (Å²) in [6.45, 7) is 0.800. The minimum atomic E-state index is 0.147. The number of benzene rings is 1. The lowest BCUT2D eigenvalue weighted by atomic mass is 10.1. The fourth-order valence-corrected chi connectivity index (χ4v) is 2.21. The van der Waals surface area contributed by atoms with Crippen LogP contribution >= 0.6 is 0 Å². The van der Waals surface area contributed by atoms with E-state index in [-0.39, 0.29) is 11.9 Å². The number of hydrogen-bond donors (Lipinski definition) is 2. The third-order valence-corrected chi connectivity index (χ3v) is 3.22. The first-order valence-electron chi connectivity index (χ1n) is 6.46. The zero-order valence-electron chi connectivity index (χ0n) is 11.1. The zero-order valence-corrected chi connectivity index (χ0v) is 11.1. The van der Waals surface area contributed by atoms with E-state index in [0.717, 1.165) is 30.8 Å². The van der Waals surface area contributed by atoms with Gasteiger partial charge in [0.05, 0.1) is 0 Å². The Morgan fingerprint density at radius 1 is 1.39 bits per heavy atom. The predicted octanol–water partition coefficient (Wildman–Crippen LogP) is 1.83. The van der Waals surface area contributed by atoms with Crippen LogP contribution in [0.15, 0.2) is 24.3 Å². The van der Waals surface area contributed by atoms with E-state index in [9.17, 15) is 4.79 Å². The van der Waals surface area contributed by atoms with Gasteiger partial charge in [-0.1, -0.05) is 6.07 Å². The molecule has 4 heteroatoms. The van der Waals surface area contributed by atoms with Gasteiger partial charge in [-0.05, 0) is 31.0 Å². The molecule has 1 fully saturated rings. The summed E-state index contributed by atoms with van der Waals surface area (Å²) in [7, 11) is 4.05. The summed E-state index contributed by atoms with van der Waals surface area (Å²) < 4.78 is 0. The summed E-state index contributed by atoms with van der Waals surface area (Å²) >= 11 is 0. The second-order valence-corrected chi connectivity index (χ2v) is 4.98. The highest BCUT2D eigenvalue weighted by molar-refractivity contribution is 5.77. The molecule has 18 heavy (non-hydrogen) atoms. The van der Waals surface area contributed by atoms with Crippen LogP contribution in [0.1, 0.15) is 19.3 Å². The molecule has 98 valence electrons. The van der Waals surface area contributed by atoms with Gasteiger partial charge in [-0.2, -0.15) is 0 Å². The van der Waals surface area contributed by atoms with Crippen LogP contribution < -0.4 is 15.5 Å². The molecule has 0 aliphatic carbocycles. The van der Waals surface area contributed by atoms with E-state index >= 15 is 0 Å². The van der Waals surface area contributed by atoms with E-state index in [0.29, 0.717) is 6.42 Å². The van der Waals surface area contributed by atoms with E-state index in [1.54, 1.807) is 0 Å². The van der Waals surface area contributed by atoms with E-state index < -0.39 is 0 Å². The summed E-state index contributed by atoms with van der Waals surface area (Å²) in [6.07, 6.45) is 2.63. The number of anilines is 2. The van der Waals surface area contributed by atoms with Crippen LogP contribution in [0, 0.1) is 0 Å². The lowest BCUT2D eigenvalue weighted by Crippen LogP contribution is -2.26. The van der Waals surface area contributed by atoms with Crippen molar-refractivity contribution in [3.63, 3.8) is 0 Å². The maximum absolute atomic E-state index is 11.5. The van der Waals surface area contributed by atoms with Gasteiger partial charge in [0, 0.05) is 44.5 Å². The molecule has 1 aliphatic rings. The van der Waals surface area contributed by atoms with Gasteiger partial charge in [-0.25, -0.2) is 0 Å². The van der Waals surface area contributed by atoms with Gasteiger partial charge in [0.15, 0.2) is 0 Å². The molecule has 1 heterocycles. The number of nitrogens with zero attached hydrogens (tertiary/aromatic N) is 1. The average Bonchev–Trinajstić information content (AvgIpc) is 2.54. The molecule has 1 unspecified atom stereocenters. The van der Waals surface area contributed by atoms with Gasteiger partial charge < -0.3 is 15.5 Å². The normalized spacial score (nSPS) is 19.9. The molecule has 1 aliphatic heterocycles. The van der Waals surface area contributed by atoms with Crippen molar-refractivity contribution in [2.75, 3.05) is 30.9 Å². The highest BCUT2D eigenvalue weighted by Gasteiger charge is 2.16. The molecule has 1 atom stereocenters. The molecule has 1 saturated heterocycles. The van der Waals surface area contributed by atoms with Gasteiger partial charge in [0.1, 0.15) is 0 Å². The Morgan fingerprint density at radius 2 is 2.22 bits per heavy atom. The van der Waals surface area contributed by atoms with Crippen LogP contribution in [-0.2, 0) is 4.79 Å². The first-order chi connectivity index (χ1) is 8.65. The lowest BCUT2D eigenvalue weighted by Gasteiger charge is -2.19. The smallest absolute Gasteiger partial charge is 0.222 e. The zero-order chi connectivity index (χ0) is 13.0. The molecule has 2 rings (SSSR count). The minimum absolute atomic E-state index is 0.147. The number of nitrogens with one attached hydrogen (secondary N) is 2. The molecule has 4 nitrogen and oxygen atoms in total. The SMILES string of the molecule is CN(C)c1cccc(NC2CCCNC(=O)C2)c1. The van der Waals surface area contributed by atoms with Crippen molar-refractivity contribution in [2.24, 2.45) is 0 Å². The summed E-state index contributed by atoms with van der Waals surface area (Å²) in [4.78, 5) is 13.6. The Kier molecular flexibility index (Phi) is 4.07.